The summed E-state index contributed by atoms with van der Waals surface area (Å²) in [5, 5.41) is 4.47. The highest BCUT2D eigenvalue weighted by atomic mass is 19.1. The third-order valence-electron chi connectivity index (χ3n) is 5.82. The SMILES string of the molecule is CCCc1cc(C(=O)N2CCC[C@]2(C)c2ncc(Cc3cccc(F)c3)o2)n(C)n1. The molecule has 4 rings (SSSR count). The van der Waals surface area contributed by atoms with Gasteiger partial charge in [0.25, 0.3) is 5.91 Å². The number of benzene rings is 1. The monoisotopic (exact) mass is 410 g/mol. The fraction of sp³-hybridized carbons (Fsp3) is 0.435. The van der Waals surface area contributed by atoms with E-state index in [-0.39, 0.29) is 11.7 Å². The second-order valence-corrected chi connectivity index (χ2v) is 8.17. The molecule has 1 fully saturated rings. The number of aromatic nitrogens is 3. The van der Waals surface area contributed by atoms with E-state index < -0.39 is 5.54 Å². The first-order valence-electron chi connectivity index (χ1n) is 10.4. The van der Waals surface area contributed by atoms with Crippen LogP contribution in [0.1, 0.15) is 66.5 Å². The minimum absolute atomic E-state index is 0.0581. The van der Waals surface area contributed by atoms with Gasteiger partial charge < -0.3 is 9.32 Å². The zero-order chi connectivity index (χ0) is 21.3. The van der Waals surface area contributed by atoms with Gasteiger partial charge >= 0.3 is 0 Å². The molecule has 0 N–H and O–H groups in total. The maximum absolute atomic E-state index is 13.5. The molecule has 6 nitrogen and oxygen atoms in total. The van der Waals surface area contributed by atoms with Gasteiger partial charge in [-0.25, -0.2) is 9.37 Å². The van der Waals surface area contributed by atoms with Crippen LogP contribution < -0.4 is 0 Å². The Bertz CT molecular complexity index is 1060. The van der Waals surface area contributed by atoms with Gasteiger partial charge in [0.05, 0.1) is 11.9 Å². The molecule has 1 atom stereocenters. The number of likely N-dealkylation sites (tertiary alicyclic amines) is 1. The lowest BCUT2D eigenvalue weighted by molar-refractivity contribution is 0.0552. The highest BCUT2D eigenvalue weighted by Gasteiger charge is 2.45. The lowest BCUT2D eigenvalue weighted by Gasteiger charge is -2.32. The Morgan fingerprint density at radius 1 is 1.33 bits per heavy atom. The van der Waals surface area contributed by atoms with Crippen molar-refractivity contribution in [1.82, 2.24) is 19.7 Å². The molecule has 0 saturated carbocycles. The van der Waals surface area contributed by atoms with Crippen LogP contribution >= 0.6 is 0 Å². The van der Waals surface area contributed by atoms with Crippen molar-refractivity contribution in [1.29, 1.82) is 0 Å². The normalized spacial score (nSPS) is 18.9. The number of amides is 1. The number of hydrogen-bond acceptors (Lipinski definition) is 4. The van der Waals surface area contributed by atoms with Gasteiger partial charge in [-0.15, -0.1) is 0 Å². The smallest absolute Gasteiger partial charge is 0.273 e. The molecule has 3 aromatic rings. The van der Waals surface area contributed by atoms with E-state index in [0.717, 1.165) is 36.9 Å². The lowest BCUT2D eigenvalue weighted by Crippen LogP contribution is -2.43. The summed E-state index contributed by atoms with van der Waals surface area (Å²) in [6.07, 6.45) is 5.62. The predicted octanol–water partition coefficient (Wildman–Crippen LogP) is 4.24. The van der Waals surface area contributed by atoms with Crippen LogP contribution in [-0.4, -0.2) is 32.1 Å². The minimum Gasteiger partial charge on any atom is -0.443 e. The third kappa shape index (κ3) is 3.76. The van der Waals surface area contributed by atoms with Crippen LogP contribution in [0, 0.1) is 5.82 Å². The highest BCUT2D eigenvalue weighted by Crippen LogP contribution is 2.39. The topological polar surface area (TPSA) is 64.2 Å². The van der Waals surface area contributed by atoms with Gasteiger partial charge in [-0.2, -0.15) is 5.10 Å². The Kier molecular flexibility index (Phi) is 5.45. The quantitative estimate of drug-likeness (QED) is 0.610. The van der Waals surface area contributed by atoms with E-state index in [0.29, 0.717) is 30.3 Å². The standard InChI is InChI=1S/C23H27FN4O2/c1-4-7-18-14-20(27(3)26-18)21(29)28-11-6-10-23(28,2)22-25-15-19(30-22)13-16-8-5-9-17(24)12-16/h5,8-9,12,14-15H,4,6-7,10-11,13H2,1-3H3/t23-/m1/s1. The molecule has 30 heavy (non-hydrogen) atoms. The molecule has 0 bridgehead atoms. The lowest BCUT2D eigenvalue weighted by atomic mass is 9.98. The third-order valence-corrected chi connectivity index (χ3v) is 5.82. The van der Waals surface area contributed by atoms with Crippen molar-refractivity contribution in [3.05, 3.63) is 70.9 Å². The molecule has 1 aliphatic heterocycles. The zero-order valence-corrected chi connectivity index (χ0v) is 17.7. The van der Waals surface area contributed by atoms with Crippen molar-refractivity contribution in [2.45, 2.75) is 51.5 Å². The average molecular weight is 410 g/mol. The first kappa shape index (κ1) is 20.3. The number of rotatable bonds is 6. The second kappa shape index (κ2) is 8.05. The Morgan fingerprint density at radius 2 is 2.17 bits per heavy atom. The van der Waals surface area contributed by atoms with Crippen LogP contribution in [0.25, 0.3) is 0 Å². The maximum Gasteiger partial charge on any atom is 0.273 e. The molecule has 3 heterocycles. The number of carbonyl (C=O) groups excluding carboxylic acids is 1. The van der Waals surface area contributed by atoms with Crippen molar-refractivity contribution in [3.63, 3.8) is 0 Å². The number of oxazole rings is 1. The molecular formula is C23H27FN4O2. The Morgan fingerprint density at radius 3 is 2.93 bits per heavy atom. The average Bonchev–Trinajstić information content (AvgIpc) is 3.41. The Hall–Kier alpha value is -2.96. The number of aryl methyl sites for hydroxylation is 2. The van der Waals surface area contributed by atoms with Crippen LogP contribution in [0.2, 0.25) is 0 Å². The zero-order valence-electron chi connectivity index (χ0n) is 17.7. The number of nitrogens with zero attached hydrogens (tertiary/aromatic N) is 4. The van der Waals surface area contributed by atoms with Crippen LogP contribution in [-0.2, 0) is 25.4 Å². The van der Waals surface area contributed by atoms with E-state index in [4.69, 9.17) is 4.42 Å². The van der Waals surface area contributed by atoms with Gasteiger partial charge in [0, 0.05) is 20.0 Å². The molecule has 2 aromatic heterocycles. The van der Waals surface area contributed by atoms with Crippen molar-refractivity contribution in [2.75, 3.05) is 6.54 Å². The van der Waals surface area contributed by atoms with Gasteiger partial charge in [0.2, 0.25) is 5.89 Å². The molecule has 0 radical (unpaired) electrons. The van der Waals surface area contributed by atoms with Crippen molar-refractivity contribution in [3.8, 4) is 0 Å². The summed E-state index contributed by atoms with van der Waals surface area (Å²) in [5.74, 6) is 0.847. The number of carbonyl (C=O) groups is 1. The van der Waals surface area contributed by atoms with E-state index in [9.17, 15) is 9.18 Å². The summed E-state index contributed by atoms with van der Waals surface area (Å²) in [4.78, 5) is 19.7. The van der Waals surface area contributed by atoms with Gasteiger partial charge in [-0.3, -0.25) is 9.48 Å². The Balaban J connectivity index is 1.57. The fourth-order valence-corrected chi connectivity index (χ4v) is 4.24. The van der Waals surface area contributed by atoms with E-state index in [1.54, 1.807) is 16.9 Å². The van der Waals surface area contributed by atoms with E-state index in [2.05, 4.69) is 17.0 Å². The predicted molar refractivity (Wildman–Crippen MR) is 111 cm³/mol. The summed E-state index contributed by atoms with van der Waals surface area (Å²) in [6.45, 7) is 4.74. The molecule has 158 valence electrons. The molecule has 1 aliphatic rings. The van der Waals surface area contributed by atoms with Crippen molar-refractivity contribution in [2.24, 2.45) is 7.05 Å². The molecule has 1 saturated heterocycles. The molecular weight excluding hydrogens is 383 g/mol. The van der Waals surface area contributed by atoms with Crippen molar-refractivity contribution >= 4 is 5.91 Å². The molecule has 1 aromatic carbocycles. The summed E-state index contributed by atoms with van der Waals surface area (Å²) >= 11 is 0. The van der Waals surface area contributed by atoms with E-state index >= 15 is 0 Å². The summed E-state index contributed by atoms with van der Waals surface area (Å²) in [6, 6.07) is 8.33. The van der Waals surface area contributed by atoms with Gasteiger partial charge in [-0.05, 0) is 49.9 Å². The van der Waals surface area contributed by atoms with Crippen LogP contribution in [0.3, 0.4) is 0 Å². The molecule has 7 heteroatoms. The van der Waals surface area contributed by atoms with Gasteiger partial charge in [-0.1, -0.05) is 25.5 Å². The van der Waals surface area contributed by atoms with Crippen LogP contribution in [0.4, 0.5) is 4.39 Å². The summed E-state index contributed by atoms with van der Waals surface area (Å²) in [7, 11) is 1.81. The van der Waals surface area contributed by atoms with Crippen molar-refractivity contribution < 1.29 is 13.6 Å². The maximum atomic E-state index is 13.5. The van der Waals surface area contributed by atoms with E-state index in [1.165, 1.54) is 12.1 Å². The first-order chi connectivity index (χ1) is 14.4. The molecule has 0 spiro atoms. The highest BCUT2D eigenvalue weighted by molar-refractivity contribution is 5.93. The van der Waals surface area contributed by atoms with Crippen LogP contribution in [0.15, 0.2) is 40.9 Å². The van der Waals surface area contributed by atoms with Gasteiger partial charge in [0.15, 0.2) is 0 Å². The molecule has 0 unspecified atom stereocenters. The largest absolute Gasteiger partial charge is 0.443 e. The minimum atomic E-state index is -0.619. The number of hydrogen-bond donors (Lipinski definition) is 0. The fourth-order valence-electron chi connectivity index (χ4n) is 4.24. The van der Waals surface area contributed by atoms with E-state index in [1.807, 2.05) is 31.0 Å². The first-order valence-corrected chi connectivity index (χ1v) is 10.4. The molecule has 0 aliphatic carbocycles. The summed E-state index contributed by atoms with van der Waals surface area (Å²) < 4.78 is 21.2. The molecule has 1 amide bonds. The van der Waals surface area contributed by atoms with Gasteiger partial charge in [0.1, 0.15) is 22.8 Å². The van der Waals surface area contributed by atoms with Crippen LogP contribution in [0.5, 0.6) is 0 Å². The number of halogens is 1. The summed E-state index contributed by atoms with van der Waals surface area (Å²) in [5.41, 5.74) is 1.71. The Labute approximate surface area is 175 Å². The second-order valence-electron chi connectivity index (χ2n) is 8.17.